The summed E-state index contributed by atoms with van der Waals surface area (Å²) in [5, 5.41) is 9.65. The summed E-state index contributed by atoms with van der Waals surface area (Å²) in [5.41, 5.74) is 2.05. The average Bonchev–Trinajstić information content (AvgIpc) is 2.84. The molecule has 9 heteroatoms. The van der Waals surface area contributed by atoms with Crippen LogP contribution in [0.25, 0.3) is 6.08 Å². The fourth-order valence-electron chi connectivity index (χ4n) is 4.60. The van der Waals surface area contributed by atoms with Crippen LogP contribution in [0.2, 0.25) is 0 Å². The van der Waals surface area contributed by atoms with Gasteiger partial charge >= 0.3 is 0 Å². The molecule has 5 heterocycles. The molecule has 32 heavy (non-hydrogen) atoms. The van der Waals surface area contributed by atoms with Gasteiger partial charge in [0.05, 0.1) is 17.9 Å². The summed E-state index contributed by atoms with van der Waals surface area (Å²) in [7, 11) is 0. The van der Waals surface area contributed by atoms with Gasteiger partial charge in [-0.05, 0) is 18.1 Å². The molecule has 1 amide bonds. The Labute approximate surface area is 188 Å². The lowest BCUT2D eigenvalue weighted by Crippen LogP contribution is -2.63. The standard InChI is InChI=1S/C23H30N8O/c1-3-15(2)19-14-26-22(32)18-6-4-16-12-27-23(29-21(16)31(18)19)28-20-7-5-17(13-25-20)30-10-8-24-9-11-30/h4-7,12-13,15,18-19,24H,3,8-11,14H2,1-2H3,(H,26,32)(H,25,27,28,29). The number of aromatic nitrogens is 3. The molecule has 2 aromatic rings. The quantitative estimate of drug-likeness (QED) is 0.655. The minimum atomic E-state index is -0.338. The van der Waals surface area contributed by atoms with Crippen molar-refractivity contribution in [3.63, 3.8) is 0 Å². The molecule has 3 atom stereocenters. The summed E-state index contributed by atoms with van der Waals surface area (Å²) in [5.74, 6) is 2.41. The van der Waals surface area contributed by atoms with Crippen LogP contribution in [0.1, 0.15) is 25.8 Å². The second-order valence-corrected chi connectivity index (χ2v) is 8.65. The Morgan fingerprint density at radius 1 is 1.22 bits per heavy atom. The zero-order chi connectivity index (χ0) is 22.1. The summed E-state index contributed by atoms with van der Waals surface area (Å²) < 4.78 is 0. The van der Waals surface area contributed by atoms with Gasteiger partial charge in [0.2, 0.25) is 11.9 Å². The molecule has 0 spiro atoms. The van der Waals surface area contributed by atoms with E-state index in [0.29, 0.717) is 24.2 Å². The van der Waals surface area contributed by atoms with E-state index in [4.69, 9.17) is 4.98 Å². The van der Waals surface area contributed by atoms with Crippen molar-refractivity contribution in [2.75, 3.05) is 47.8 Å². The van der Waals surface area contributed by atoms with Crippen LogP contribution in [0.5, 0.6) is 0 Å². The van der Waals surface area contributed by atoms with Gasteiger partial charge in [0.15, 0.2) is 0 Å². The zero-order valence-electron chi connectivity index (χ0n) is 18.6. The normalized spacial score (nSPS) is 23.2. The fraction of sp³-hybridized carbons (Fsp3) is 0.478. The van der Waals surface area contributed by atoms with Gasteiger partial charge in [0, 0.05) is 44.5 Å². The van der Waals surface area contributed by atoms with Gasteiger partial charge in [-0.15, -0.1) is 0 Å². The number of nitrogens with one attached hydrogen (secondary N) is 3. The van der Waals surface area contributed by atoms with Crippen LogP contribution in [0.15, 0.2) is 30.6 Å². The van der Waals surface area contributed by atoms with E-state index in [-0.39, 0.29) is 18.0 Å². The first-order chi connectivity index (χ1) is 15.6. The maximum atomic E-state index is 12.6. The van der Waals surface area contributed by atoms with Crippen LogP contribution in [-0.2, 0) is 4.79 Å². The third-order valence-electron chi connectivity index (χ3n) is 6.68. The number of carbonyl (C=O) groups is 1. The predicted octanol–water partition coefficient (Wildman–Crippen LogP) is 1.77. The van der Waals surface area contributed by atoms with Crippen molar-refractivity contribution in [1.82, 2.24) is 25.6 Å². The van der Waals surface area contributed by atoms with Crippen LogP contribution in [-0.4, -0.2) is 65.7 Å². The van der Waals surface area contributed by atoms with Crippen LogP contribution < -0.4 is 25.8 Å². The number of pyridine rings is 1. The Bertz CT molecular complexity index is 1000. The van der Waals surface area contributed by atoms with E-state index in [1.807, 2.05) is 30.6 Å². The van der Waals surface area contributed by atoms with E-state index >= 15 is 0 Å². The Balaban J connectivity index is 1.39. The Hall–Kier alpha value is -3.20. The van der Waals surface area contributed by atoms with Crippen molar-refractivity contribution in [3.05, 3.63) is 36.2 Å². The van der Waals surface area contributed by atoms with Gasteiger partial charge in [-0.1, -0.05) is 32.4 Å². The summed E-state index contributed by atoms with van der Waals surface area (Å²) in [6, 6.07) is 3.88. The molecule has 0 aliphatic carbocycles. The number of rotatable bonds is 5. The van der Waals surface area contributed by atoms with Gasteiger partial charge in [0.1, 0.15) is 17.7 Å². The highest BCUT2D eigenvalue weighted by molar-refractivity contribution is 5.92. The summed E-state index contributed by atoms with van der Waals surface area (Å²) >= 11 is 0. The second kappa shape index (κ2) is 8.74. The molecular weight excluding hydrogens is 404 g/mol. The molecular formula is C23H30N8O. The molecule has 168 valence electrons. The highest BCUT2D eigenvalue weighted by Gasteiger charge is 2.40. The number of fused-ring (bicyclic) bond motifs is 3. The highest BCUT2D eigenvalue weighted by atomic mass is 16.2. The van der Waals surface area contributed by atoms with E-state index in [0.717, 1.165) is 49.7 Å². The first kappa shape index (κ1) is 20.7. The van der Waals surface area contributed by atoms with Crippen molar-refractivity contribution in [2.45, 2.75) is 32.4 Å². The molecule has 5 rings (SSSR count). The number of piperazine rings is 2. The molecule has 3 unspecified atom stereocenters. The van der Waals surface area contributed by atoms with E-state index in [1.165, 1.54) is 0 Å². The van der Waals surface area contributed by atoms with E-state index in [2.05, 4.69) is 55.6 Å². The van der Waals surface area contributed by atoms with Crippen molar-refractivity contribution >= 4 is 35.3 Å². The molecule has 3 aliphatic heterocycles. The number of amides is 1. The molecule has 0 radical (unpaired) electrons. The van der Waals surface area contributed by atoms with E-state index in [9.17, 15) is 4.79 Å². The SMILES string of the molecule is CCC(C)C1CNC(=O)C2C=Cc3cnc(Nc4ccc(N5CCNCC5)cn4)nc3N21. The smallest absolute Gasteiger partial charge is 0.246 e. The number of hydrogen-bond donors (Lipinski definition) is 3. The lowest BCUT2D eigenvalue weighted by Gasteiger charge is -2.45. The van der Waals surface area contributed by atoms with Crippen LogP contribution in [0.3, 0.4) is 0 Å². The lowest BCUT2D eigenvalue weighted by atomic mass is 9.91. The number of hydrogen-bond acceptors (Lipinski definition) is 8. The minimum absolute atomic E-state index is 0.0183. The second-order valence-electron chi connectivity index (χ2n) is 8.65. The van der Waals surface area contributed by atoms with Crippen molar-refractivity contribution in [2.24, 2.45) is 5.92 Å². The van der Waals surface area contributed by atoms with Gasteiger partial charge in [-0.2, -0.15) is 4.98 Å². The molecule has 0 saturated carbocycles. The molecule has 2 fully saturated rings. The number of carbonyl (C=O) groups excluding carboxylic acids is 1. The van der Waals surface area contributed by atoms with Gasteiger partial charge in [0.25, 0.3) is 0 Å². The van der Waals surface area contributed by atoms with Gasteiger partial charge < -0.3 is 25.8 Å². The highest BCUT2D eigenvalue weighted by Crippen LogP contribution is 2.34. The Morgan fingerprint density at radius 3 is 2.81 bits per heavy atom. The predicted molar refractivity (Wildman–Crippen MR) is 126 cm³/mol. The topological polar surface area (TPSA) is 98.3 Å². The summed E-state index contributed by atoms with van der Waals surface area (Å²) in [6.45, 7) is 8.98. The summed E-state index contributed by atoms with van der Waals surface area (Å²) in [4.78, 5) is 30.9. The van der Waals surface area contributed by atoms with Crippen LogP contribution in [0, 0.1) is 5.92 Å². The molecule has 0 aromatic carbocycles. The zero-order valence-corrected chi connectivity index (χ0v) is 18.6. The molecule has 2 aromatic heterocycles. The first-order valence-electron chi connectivity index (χ1n) is 11.4. The maximum absolute atomic E-state index is 12.6. The molecule has 3 N–H and O–H groups in total. The van der Waals surface area contributed by atoms with Crippen LogP contribution >= 0.6 is 0 Å². The van der Waals surface area contributed by atoms with Gasteiger partial charge in [-0.3, -0.25) is 4.79 Å². The van der Waals surface area contributed by atoms with Crippen LogP contribution in [0.4, 0.5) is 23.3 Å². The minimum Gasteiger partial charge on any atom is -0.368 e. The average molecular weight is 435 g/mol. The largest absolute Gasteiger partial charge is 0.368 e. The fourth-order valence-corrected chi connectivity index (χ4v) is 4.60. The lowest BCUT2D eigenvalue weighted by molar-refractivity contribution is -0.122. The first-order valence-corrected chi connectivity index (χ1v) is 11.4. The summed E-state index contributed by atoms with van der Waals surface area (Å²) in [6.07, 6.45) is 8.62. The Morgan fingerprint density at radius 2 is 2.06 bits per heavy atom. The molecule has 9 nitrogen and oxygen atoms in total. The van der Waals surface area contributed by atoms with Crippen molar-refractivity contribution in [3.8, 4) is 0 Å². The molecule has 0 bridgehead atoms. The van der Waals surface area contributed by atoms with Crippen molar-refractivity contribution < 1.29 is 4.79 Å². The molecule has 3 aliphatic rings. The Kier molecular flexibility index (Phi) is 5.65. The number of nitrogens with zero attached hydrogens (tertiary/aromatic N) is 5. The van der Waals surface area contributed by atoms with E-state index < -0.39 is 0 Å². The monoisotopic (exact) mass is 434 g/mol. The third kappa shape index (κ3) is 3.88. The van der Waals surface area contributed by atoms with Crippen molar-refractivity contribution in [1.29, 1.82) is 0 Å². The number of anilines is 4. The van der Waals surface area contributed by atoms with Gasteiger partial charge in [-0.25, -0.2) is 9.97 Å². The third-order valence-corrected chi connectivity index (χ3v) is 6.68. The maximum Gasteiger partial charge on any atom is 0.246 e. The molecule has 2 saturated heterocycles. The van der Waals surface area contributed by atoms with E-state index in [1.54, 1.807) is 0 Å².